The molecule has 1 rings (SSSR count). The van der Waals surface area contributed by atoms with Crippen LogP contribution in [-0.2, 0) is 14.8 Å². The van der Waals surface area contributed by atoms with E-state index in [1.54, 1.807) is 0 Å². The van der Waals surface area contributed by atoms with Crippen LogP contribution in [0.3, 0.4) is 0 Å². The molecule has 0 fully saturated rings. The third-order valence-electron chi connectivity index (χ3n) is 2.47. The van der Waals surface area contributed by atoms with Gasteiger partial charge in [0.2, 0.25) is 15.9 Å². The fourth-order valence-electron chi connectivity index (χ4n) is 1.64. The number of amides is 1. The van der Waals surface area contributed by atoms with E-state index < -0.39 is 45.0 Å². The fourth-order valence-corrected chi connectivity index (χ4v) is 3.34. The molecular formula is C11H15F2N3O3S. The Morgan fingerprint density at radius 2 is 1.75 bits per heavy atom. The largest absolute Gasteiger partial charge is 0.399 e. The molecule has 0 bridgehead atoms. The molecule has 6 nitrogen and oxygen atoms in total. The van der Waals surface area contributed by atoms with E-state index in [0.29, 0.717) is 16.4 Å². The number of hydrogen-bond donors (Lipinski definition) is 2. The highest BCUT2D eigenvalue weighted by atomic mass is 32.2. The van der Waals surface area contributed by atoms with Gasteiger partial charge in [-0.1, -0.05) is 0 Å². The molecule has 20 heavy (non-hydrogen) atoms. The van der Waals surface area contributed by atoms with Crippen molar-refractivity contribution in [2.24, 2.45) is 5.73 Å². The van der Waals surface area contributed by atoms with E-state index >= 15 is 0 Å². The number of halogens is 2. The number of primary amides is 1. The Hall–Kier alpha value is -1.74. The minimum atomic E-state index is -4.55. The number of nitrogens with zero attached hydrogens (tertiary/aromatic N) is 1. The van der Waals surface area contributed by atoms with E-state index in [1.165, 1.54) is 13.8 Å². The van der Waals surface area contributed by atoms with Gasteiger partial charge in [0.05, 0.1) is 6.54 Å². The average Bonchev–Trinajstić information content (AvgIpc) is 2.22. The maximum atomic E-state index is 13.7. The number of nitrogen functional groups attached to an aromatic ring is 1. The molecule has 0 unspecified atom stereocenters. The second-order valence-electron chi connectivity index (χ2n) is 4.42. The first-order valence-electron chi connectivity index (χ1n) is 5.62. The lowest BCUT2D eigenvalue weighted by atomic mass is 10.3. The summed E-state index contributed by atoms with van der Waals surface area (Å²) in [6.07, 6.45) is 0. The van der Waals surface area contributed by atoms with Crippen LogP contribution < -0.4 is 11.5 Å². The Morgan fingerprint density at radius 3 is 2.10 bits per heavy atom. The SMILES string of the molecule is CC(C)N(CC(N)=O)S(=O)(=O)c1c(F)cc(N)cc1F. The Kier molecular flexibility index (Phi) is 4.66. The lowest BCUT2D eigenvalue weighted by molar-refractivity contribution is -0.118. The third kappa shape index (κ3) is 3.23. The lowest BCUT2D eigenvalue weighted by Gasteiger charge is -2.24. The van der Waals surface area contributed by atoms with Crippen molar-refractivity contribution >= 4 is 21.6 Å². The number of carbonyl (C=O) groups excluding carboxylic acids is 1. The first-order valence-corrected chi connectivity index (χ1v) is 7.06. The number of rotatable bonds is 5. The molecular weight excluding hydrogens is 292 g/mol. The minimum absolute atomic E-state index is 0.245. The van der Waals surface area contributed by atoms with Gasteiger partial charge < -0.3 is 11.5 Å². The number of benzene rings is 1. The second kappa shape index (κ2) is 5.71. The standard InChI is InChI=1S/C11H15F2N3O3S/c1-6(2)16(5-10(15)17)20(18,19)11-8(12)3-7(14)4-9(11)13/h3-4,6H,5,14H2,1-2H3,(H2,15,17). The summed E-state index contributed by atoms with van der Waals surface area (Å²) in [7, 11) is -4.55. The summed E-state index contributed by atoms with van der Waals surface area (Å²) in [5.74, 6) is -3.58. The van der Waals surface area contributed by atoms with Crippen molar-refractivity contribution in [1.82, 2.24) is 4.31 Å². The van der Waals surface area contributed by atoms with Crippen molar-refractivity contribution in [3.05, 3.63) is 23.8 Å². The molecule has 112 valence electrons. The van der Waals surface area contributed by atoms with Crippen LogP contribution in [-0.4, -0.2) is 31.2 Å². The van der Waals surface area contributed by atoms with Crippen LogP contribution >= 0.6 is 0 Å². The van der Waals surface area contributed by atoms with Crippen molar-refractivity contribution in [3.8, 4) is 0 Å². The van der Waals surface area contributed by atoms with Crippen LogP contribution in [0, 0.1) is 11.6 Å². The summed E-state index contributed by atoms with van der Waals surface area (Å²) in [6, 6.07) is 0.682. The van der Waals surface area contributed by atoms with E-state index in [-0.39, 0.29) is 5.69 Å². The second-order valence-corrected chi connectivity index (χ2v) is 6.25. The molecule has 4 N–H and O–H groups in total. The third-order valence-corrected chi connectivity index (χ3v) is 4.55. The molecule has 0 spiro atoms. The molecule has 1 aromatic rings. The van der Waals surface area contributed by atoms with Crippen LogP contribution in [0.4, 0.5) is 14.5 Å². The highest BCUT2D eigenvalue weighted by Crippen LogP contribution is 2.26. The lowest BCUT2D eigenvalue weighted by Crippen LogP contribution is -2.43. The smallest absolute Gasteiger partial charge is 0.249 e. The van der Waals surface area contributed by atoms with Crippen LogP contribution in [0.5, 0.6) is 0 Å². The number of hydrogen-bond acceptors (Lipinski definition) is 4. The van der Waals surface area contributed by atoms with Crippen LogP contribution in [0.1, 0.15) is 13.8 Å². The molecule has 0 aromatic heterocycles. The number of carbonyl (C=O) groups is 1. The van der Waals surface area contributed by atoms with E-state index in [2.05, 4.69) is 0 Å². The fraction of sp³-hybridized carbons (Fsp3) is 0.364. The molecule has 0 radical (unpaired) electrons. The number of sulfonamides is 1. The Bertz CT molecular complexity index is 609. The minimum Gasteiger partial charge on any atom is -0.399 e. The predicted molar refractivity (Wildman–Crippen MR) is 69.0 cm³/mol. The number of nitrogens with two attached hydrogens (primary N) is 2. The quantitative estimate of drug-likeness (QED) is 0.769. The van der Waals surface area contributed by atoms with E-state index in [4.69, 9.17) is 11.5 Å². The van der Waals surface area contributed by atoms with Gasteiger partial charge >= 0.3 is 0 Å². The monoisotopic (exact) mass is 307 g/mol. The Balaban J connectivity index is 3.45. The van der Waals surface area contributed by atoms with Gasteiger partial charge in [-0.25, -0.2) is 17.2 Å². The molecule has 1 aromatic carbocycles. The Labute approximate surface area is 115 Å². The molecule has 0 aliphatic carbocycles. The van der Waals surface area contributed by atoms with Crippen molar-refractivity contribution in [1.29, 1.82) is 0 Å². The van der Waals surface area contributed by atoms with E-state index in [9.17, 15) is 22.0 Å². The van der Waals surface area contributed by atoms with E-state index in [1.807, 2.05) is 0 Å². The van der Waals surface area contributed by atoms with Gasteiger partial charge in [0.15, 0.2) is 4.90 Å². The molecule has 0 saturated carbocycles. The van der Waals surface area contributed by atoms with Gasteiger partial charge in [-0.3, -0.25) is 4.79 Å². The molecule has 0 aliphatic heterocycles. The van der Waals surface area contributed by atoms with Crippen LogP contribution in [0.2, 0.25) is 0 Å². The average molecular weight is 307 g/mol. The maximum Gasteiger partial charge on any atom is 0.249 e. The maximum absolute atomic E-state index is 13.7. The van der Waals surface area contributed by atoms with Gasteiger partial charge in [-0.05, 0) is 26.0 Å². The topological polar surface area (TPSA) is 106 Å². The number of anilines is 1. The summed E-state index contributed by atoms with van der Waals surface area (Å²) in [6.45, 7) is 2.23. The van der Waals surface area contributed by atoms with Gasteiger partial charge in [0, 0.05) is 11.7 Å². The molecule has 0 atom stereocenters. The Morgan fingerprint density at radius 1 is 1.30 bits per heavy atom. The van der Waals surface area contributed by atoms with Crippen molar-refractivity contribution in [2.45, 2.75) is 24.8 Å². The molecule has 0 saturated heterocycles. The molecule has 1 amide bonds. The van der Waals surface area contributed by atoms with Gasteiger partial charge in [0.25, 0.3) is 0 Å². The summed E-state index contributed by atoms with van der Waals surface area (Å²) in [5, 5.41) is 0. The van der Waals surface area contributed by atoms with Crippen molar-refractivity contribution in [2.75, 3.05) is 12.3 Å². The van der Waals surface area contributed by atoms with Crippen LogP contribution in [0.15, 0.2) is 17.0 Å². The summed E-state index contributed by atoms with van der Waals surface area (Å²) in [4.78, 5) is 9.77. The van der Waals surface area contributed by atoms with E-state index in [0.717, 1.165) is 0 Å². The van der Waals surface area contributed by atoms with Crippen LogP contribution in [0.25, 0.3) is 0 Å². The van der Waals surface area contributed by atoms with Crippen molar-refractivity contribution < 1.29 is 22.0 Å². The molecule has 0 aliphatic rings. The normalized spacial score (nSPS) is 12.1. The zero-order valence-corrected chi connectivity index (χ0v) is 11.7. The first-order chi connectivity index (χ1) is 9.07. The predicted octanol–water partition coefficient (Wildman–Crippen LogP) is 0.431. The van der Waals surface area contributed by atoms with Gasteiger partial charge in [-0.15, -0.1) is 0 Å². The molecule has 0 heterocycles. The highest BCUT2D eigenvalue weighted by Gasteiger charge is 2.33. The van der Waals surface area contributed by atoms with Gasteiger partial charge in [-0.2, -0.15) is 4.31 Å². The molecule has 9 heteroatoms. The zero-order valence-electron chi connectivity index (χ0n) is 10.9. The van der Waals surface area contributed by atoms with Gasteiger partial charge in [0.1, 0.15) is 11.6 Å². The highest BCUT2D eigenvalue weighted by molar-refractivity contribution is 7.89. The zero-order chi connectivity index (χ0) is 15.7. The summed E-state index contributed by atoms with van der Waals surface area (Å²) >= 11 is 0. The first kappa shape index (κ1) is 16.3. The summed E-state index contributed by atoms with van der Waals surface area (Å²) < 4.78 is 52.6. The van der Waals surface area contributed by atoms with Crippen molar-refractivity contribution in [3.63, 3.8) is 0 Å². The summed E-state index contributed by atoms with van der Waals surface area (Å²) in [5.41, 5.74) is 9.93.